The highest BCUT2D eigenvalue weighted by atomic mass is 16.2. The first kappa shape index (κ1) is 13.4. The molecule has 1 aromatic carbocycles. The molecule has 2 aromatic heterocycles. The highest BCUT2D eigenvalue weighted by molar-refractivity contribution is 5.97. The Kier molecular flexibility index (Phi) is 3.48. The number of nitrogens with zero attached hydrogens (tertiary/aromatic N) is 3. The zero-order chi connectivity index (χ0) is 14.8. The third-order valence-corrected chi connectivity index (χ3v) is 3.72. The number of aromatic nitrogens is 3. The van der Waals surface area contributed by atoms with Gasteiger partial charge in [0, 0.05) is 43.3 Å². The lowest BCUT2D eigenvalue weighted by atomic mass is 10.1. The average Bonchev–Trinajstić information content (AvgIpc) is 3.12. The molecule has 0 aliphatic heterocycles. The van der Waals surface area contributed by atoms with Crippen LogP contribution in [0.4, 0.5) is 0 Å². The summed E-state index contributed by atoms with van der Waals surface area (Å²) >= 11 is 0. The average molecular weight is 282 g/mol. The van der Waals surface area contributed by atoms with Crippen molar-refractivity contribution in [3.8, 4) is 0 Å². The van der Waals surface area contributed by atoms with Gasteiger partial charge >= 0.3 is 0 Å². The van der Waals surface area contributed by atoms with E-state index in [9.17, 15) is 4.79 Å². The van der Waals surface area contributed by atoms with E-state index in [0.29, 0.717) is 18.7 Å². The second kappa shape index (κ2) is 5.44. The van der Waals surface area contributed by atoms with Crippen LogP contribution in [0.25, 0.3) is 10.9 Å². The summed E-state index contributed by atoms with van der Waals surface area (Å²) in [5.74, 6) is 0.906. The van der Waals surface area contributed by atoms with Crippen LogP contribution in [-0.2, 0) is 13.6 Å². The molecule has 108 valence electrons. The van der Waals surface area contributed by atoms with Crippen LogP contribution < -0.4 is 0 Å². The standard InChI is InChI=1S/C16H18N4O/c1-3-20(11-15-18-8-9-19(15)2)16(21)13-5-4-12-6-7-17-14(12)10-13/h4-10,17H,3,11H2,1-2H3. The summed E-state index contributed by atoms with van der Waals surface area (Å²) in [5, 5.41) is 1.11. The van der Waals surface area contributed by atoms with E-state index < -0.39 is 0 Å². The number of amides is 1. The van der Waals surface area contributed by atoms with Gasteiger partial charge in [-0.2, -0.15) is 0 Å². The first-order valence-corrected chi connectivity index (χ1v) is 7.01. The lowest BCUT2D eigenvalue weighted by Gasteiger charge is -2.20. The Morgan fingerprint density at radius 2 is 2.24 bits per heavy atom. The Morgan fingerprint density at radius 3 is 2.95 bits per heavy atom. The fourth-order valence-corrected chi connectivity index (χ4v) is 2.41. The van der Waals surface area contributed by atoms with Crippen LogP contribution in [0.15, 0.2) is 42.9 Å². The molecule has 0 radical (unpaired) electrons. The summed E-state index contributed by atoms with van der Waals surface area (Å²) in [6.45, 7) is 3.14. The SMILES string of the molecule is CCN(Cc1nccn1C)C(=O)c1ccc2cc[nH]c2c1. The Bertz CT molecular complexity index is 771. The molecular weight excluding hydrogens is 264 g/mol. The summed E-state index contributed by atoms with van der Waals surface area (Å²) in [5.41, 5.74) is 1.68. The molecule has 0 aliphatic carbocycles. The van der Waals surface area contributed by atoms with Crippen molar-refractivity contribution in [2.45, 2.75) is 13.5 Å². The maximum Gasteiger partial charge on any atom is 0.254 e. The summed E-state index contributed by atoms with van der Waals surface area (Å²) in [7, 11) is 1.94. The number of hydrogen-bond donors (Lipinski definition) is 1. The van der Waals surface area contributed by atoms with Gasteiger partial charge in [-0.25, -0.2) is 4.98 Å². The lowest BCUT2D eigenvalue weighted by Crippen LogP contribution is -2.31. The minimum atomic E-state index is 0.0250. The van der Waals surface area contributed by atoms with Crippen LogP contribution in [0.1, 0.15) is 23.1 Å². The molecule has 1 N–H and O–H groups in total. The van der Waals surface area contributed by atoms with Crippen molar-refractivity contribution < 1.29 is 4.79 Å². The quantitative estimate of drug-likeness (QED) is 0.799. The fourth-order valence-electron chi connectivity index (χ4n) is 2.41. The molecule has 0 unspecified atom stereocenters. The molecule has 2 heterocycles. The molecule has 0 bridgehead atoms. The molecule has 5 nitrogen and oxygen atoms in total. The zero-order valence-corrected chi connectivity index (χ0v) is 12.2. The molecular formula is C16H18N4O. The summed E-state index contributed by atoms with van der Waals surface area (Å²) in [6.07, 6.45) is 5.52. The molecule has 0 fully saturated rings. The fraction of sp³-hybridized carbons (Fsp3) is 0.250. The molecule has 0 atom stereocenters. The molecule has 0 aliphatic rings. The number of benzene rings is 1. The van der Waals surface area contributed by atoms with Crippen LogP contribution >= 0.6 is 0 Å². The van der Waals surface area contributed by atoms with E-state index in [1.807, 2.05) is 55.2 Å². The van der Waals surface area contributed by atoms with Crippen molar-refractivity contribution in [1.82, 2.24) is 19.4 Å². The van der Waals surface area contributed by atoms with Gasteiger partial charge < -0.3 is 14.5 Å². The Balaban J connectivity index is 1.85. The van der Waals surface area contributed by atoms with E-state index >= 15 is 0 Å². The summed E-state index contributed by atoms with van der Waals surface area (Å²) in [6, 6.07) is 7.74. The van der Waals surface area contributed by atoms with Gasteiger partial charge in [-0.05, 0) is 30.5 Å². The molecule has 0 saturated carbocycles. The highest BCUT2D eigenvalue weighted by Crippen LogP contribution is 2.16. The maximum atomic E-state index is 12.7. The predicted molar refractivity (Wildman–Crippen MR) is 81.9 cm³/mol. The van der Waals surface area contributed by atoms with Crippen LogP contribution in [-0.4, -0.2) is 31.9 Å². The van der Waals surface area contributed by atoms with Crippen molar-refractivity contribution in [1.29, 1.82) is 0 Å². The van der Waals surface area contributed by atoms with E-state index in [1.54, 1.807) is 11.1 Å². The summed E-state index contributed by atoms with van der Waals surface area (Å²) in [4.78, 5) is 21.9. The van der Waals surface area contributed by atoms with Gasteiger partial charge in [0.25, 0.3) is 5.91 Å². The Labute approximate surface area is 123 Å². The first-order valence-electron chi connectivity index (χ1n) is 7.01. The molecule has 0 saturated heterocycles. The monoisotopic (exact) mass is 282 g/mol. The second-order valence-electron chi connectivity index (χ2n) is 5.05. The molecule has 5 heteroatoms. The topological polar surface area (TPSA) is 53.9 Å². The van der Waals surface area contributed by atoms with E-state index in [1.165, 1.54) is 0 Å². The van der Waals surface area contributed by atoms with Gasteiger partial charge in [-0.3, -0.25) is 4.79 Å². The minimum Gasteiger partial charge on any atom is -0.361 e. The van der Waals surface area contributed by atoms with Crippen LogP contribution in [0, 0.1) is 0 Å². The predicted octanol–water partition coefficient (Wildman–Crippen LogP) is 2.56. The molecule has 21 heavy (non-hydrogen) atoms. The molecule has 1 amide bonds. The van der Waals surface area contributed by atoms with Gasteiger partial charge in [0.2, 0.25) is 0 Å². The van der Waals surface area contributed by atoms with Crippen molar-refractivity contribution in [2.24, 2.45) is 7.05 Å². The van der Waals surface area contributed by atoms with Crippen molar-refractivity contribution in [3.05, 3.63) is 54.2 Å². The smallest absolute Gasteiger partial charge is 0.254 e. The van der Waals surface area contributed by atoms with Crippen LogP contribution in [0.3, 0.4) is 0 Å². The van der Waals surface area contributed by atoms with Gasteiger partial charge in [0.05, 0.1) is 6.54 Å². The zero-order valence-electron chi connectivity index (χ0n) is 12.2. The Hall–Kier alpha value is -2.56. The number of imidazole rings is 1. The van der Waals surface area contributed by atoms with Crippen molar-refractivity contribution in [3.63, 3.8) is 0 Å². The highest BCUT2D eigenvalue weighted by Gasteiger charge is 2.16. The number of hydrogen-bond acceptors (Lipinski definition) is 2. The van der Waals surface area contributed by atoms with E-state index in [0.717, 1.165) is 16.7 Å². The van der Waals surface area contributed by atoms with Gasteiger partial charge in [-0.1, -0.05) is 6.07 Å². The van der Waals surface area contributed by atoms with E-state index in [-0.39, 0.29) is 5.91 Å². The lowest BCUT2D eigenvalue weighted by molar-refractivity contribution is 0.0747. The van der Waals surface area contributed by atoms with Crippen LogP contribution in [0.2, 0.25) is 0 Å². The number of aromatic amines is 1. The van der Waals surface area contributed by atoms with E-state index in [2.05, 4.69) is 9.97 Å². The third-order valence-electron chi connectivity index (χ3n) is 3.72. The molecule has 3 aromatic rings. The normalized spacial score (nSPS) is 11.0. The number of rotatable bonds is 4. The maximum absolute atomic E-state index is 12.7. The number of H-pyrrole nitrogens is 1. The van der Waals surface area contributed by atoms with Gasteiger partial charge in [0.1, 0.15) is 5.82 Å². The number of fused-ring (bicyclic) bond motifs is 1. The second-order valence-corrected chi connectivity index (χ2v) is 5.05. The molecule has 3 rings (SSSR count). The van der Waals surface area contributed by atoms with Gasteiger partial charge in [-0.15, -0.1) is 0 Å². The number of nitrogens with one attached hydrogen (secondary N) is 1. The molecule has 0 spiro atoms. The first-order chi connectivity index (χ1) is 10.2. The third kappa shape index (κ3) is 2.54. The van der Waals surface area contributed by atoms with Crippen LogP contribution in [0.5, 0.6) is 0 Å². The number of aryl methyl sites for hydroxylation is 1. The van der Waals surface area contributed by atoms with Crippen molar-refractivity contribution in [2.75, 3.05) is 6.54 Å². The largest absolute Gasteiger partial charge is 0.361 e. The summed E-state index contributed by atoms with van der Waals surface area (Å²) < 4.78 is 1.93. The number of carbonyl (C=O) groups is 1. The minimum absolute atomic E-state index is 0.0250. The van der Waals surface area contributed by atoms with Gasteiger partial charge in [0.15, 0.2) is 0 Å². The van der Waals surface area contributed by atoms with Crippen molar-refractivity contribution >= 4 is 16.8 Å². The van der Waals surface area contributed by atoms with E-state index in [4.69, 9.17) is 0 Å². The number of carbonyl (C=O) groups excluding carboxylic acids is 1. The Morgan fingerprint density at radius 1 is 1.38 bits per heavy atom.